The molecule has 1 rings (SSSR count). The van der Waals surface area contributed by atoms with Gasteiger partial charge >= 0.3 is 0 Å². The molecule has 1 aliphatic heterocycles. The molecule has 0 amide bonds. The predicted molar refractivity (Wildman–Crippen MR) is 43.8 cm³/mol. The van der Waals surface area contributed by atoms with E-state index in [0.717, 1.165) is 5.41 Å². The second-order valence-corrected chi connectivity index (χ2v) is 4.27. The molecule has 0 saturated heterocycles. The molecule has 0 aliphatic carbocycles. The van der Waals surface area contributed by atoms with Gasteiger partial charge in [0.1, 0.15) is 0 Å². The number of amidine groups is 1. The van der Waals surface area contributed by atoms with E-state index in [4.69, 9.17) is 0 Å². The Bertz CT molecular complexity index is 301. The molecule has 1 aliphatic rings. The average Bonchev–Trinajstić information content (AvgIpc) is 2.10. The van der Waals surface area contributed by atoms with Crippen LogP contribution in [0.25, 0.3) is 0 Å². The zero-order valence-corrected chi connectivity index (χ0v) is 7.22. The molecule has 0 saturated carbocycles. The summed E-state index contributed by atoms with van der Waals surface area (Å²) in [4.78, 5) is 3.88. The summed E-state index contributed by atoms with van der Waals surface area (Å²) >= 11 is 0. The van der Waals surface area contributed by atoms with Crippen molar-refractivity contribution in [3.05, 3.63) is 11.6 Å². The van der Waals surface area contributed by atoms with Gasteiger partial charge in [0.25, 0.3) is 0 Å². The predicted octanol–water partition coefficient (Wildman–Crippen LogP) is 0.240. The van der Waals surface area contributed by atoms with Crippen molar-refractivity contribution in [2.24, 2.45) is 4.99 Å². The van der Waals surface area contributed by atoms with E-state index >= 15 is 0 Å². The highest BCUT2D eigenvalue weighted by molar-refractivity contribution is 8.09. The highest BCUT2D eigenvalue weighted by atomic mass is 32.2. The van der Waals surface area contributed by atoms with Gasteiger partial charge in [0.15, 0.2) is 0 Å². The number of nitrogens with one attached hydrogen (secondary N) is 1. The fourth-order valence-electron chi connectivity index (χ4n) is 0.687. The molecule has 0 spiro atoms. The third-order valence-corrected chi connectivity index (χ3v) is 2.36. The lowest BCUT2D eigenvalue weighted by Gasteiger charge is -1.99. The molecule has 0 atom stereocenters. The van der Waals surface area contributed by atoms with Crippen molar-refractivity contribution < 1.29 is 8.42 Å². The van der Waals surface area contributed by atoms with Crippen LogP contribution in [0.1, 0.15) is 13.8 Å². The largest absolute Gasteiger partial charge is 0.336 e. The first kappa shape index (κ1) is 8.26. The Kier molecular flexibility index (Phi) is 1.99. The molecular formula is C6H10N2O2S. The smallest absolute Gasteiger partial charge is 0.234 e. The quantitative estimate of drug-likeness (QED) is 0.619. The summed E-state index contributed by atoms with van der Waals surface area (Å²) in [6, 6.07) is -0.00725. The van der Waals surface area contributed by atoms with Crippen LogP contribution in [-0.4, -0.2) is 19.6 Å². The zero-order chi connectivity index (χ0) is 8.48. The van der Waals surface area contributed by atoms with Gasteiger partial charge in [-0.05, 0) is 13.8 Å². The van der Waals surface area contributed by atoms with E-state index in [2.05, 4.69) is 10.3 Å². The molecule has 0 aromatic carbocycles. The molecule has 0 fully saturated rings. The summed E-state index contributed by atoms with van der Waals surface area (Å²) in [6.07, 6.45) is 1.37. The van der Waals surface area contributed by atoms with Crippen LogP contribution in [0.3, 0.4) is 0 Å². The topological polar surface area (TPSA) is 58.5 Å². The highest BCUT2D eigenvalue weighted by Gasteiger charge is 2.20. The van der Waals surface area contributed by atoms with Gasteiger partial charge in [-0.2, -0.15) is 0 Å². The van der Waals surface area contributed by atoms with Gasteiger partial charge in [0, 0.05) is 12.2 Å². The minimum absolute atomic E-state index is 0.00725. The molecule has 4 nitrogen and oxygen atoms in total. The van der Waals surface area contributed by atoms with Crippen molar-refractivity contribution >= 4 is 15.0 Å². The molecule has 11 heavy (non-hydrogen) atoms. The molecule has 5 heteroatoms. The standard InChI is InChI=1S/C6H10N2O2S/c1-5(2)8-6-7-3-4-11(6,9)10/h3-5H,1-2H3,(H,7,8). The molecule has 0 unspecified atom stereocenters. The number of rotatable bonds is 1. The van der Waals surface area contributed by atoms with E-state index in [-0.39, 0.29) is 11.2 Å². The van der Waals surface area contributed by atoms with Crippen molar-refractivity contribution in [1.82, 2.24) is 5.32 Å². The lowest BCUT2D eigenvalue weighted by molar-refractivity contribution is 0.614. The van der Waals surface area contributed by atoms with Gasteiger partial charge in [0.2, 0.25) is 15.0 Å². The van der Waals surface area contributed by atoms with Crippen molar-refractivity contribution in [3.63, 3.8) is 0 Å². The third-order valence-electron chi connectivity index (χ3n) is 1.10. The van der Waals surface area contributed by atoms with Crippen molar-refractivity contribution in [2.75, 3.05) is 0 Å². The normalized spacial score (nSPS) is 24.5. The first-order chi connectivity index (χ1) is 5.02. The number of sulfone groups is 1. The van der Waals surface area contributed by atoms with Crippen molar-refractivity contribution in [2.45, 2.75) is 19.9 Å². The second kappa shape index (κ2) is 2.65. The maximum Gasteiger partial charge on any atom is 0.234 e. The molecule has 0 radical (unpaired) electrons. The van der Waals surface area contributed by atoms with Gasteiger partial charge in [-0.1, -0.05) is 0 Å². The van der Waals surface area contributed by atoms with Gasteiger partial charge < -0.3 is 5.32 Å². The Morgan fingerprint density at radius 1 is 1.55 bits per heavy atom. The average molecular weight is 174 g/mol. The first-order valence-electron chi connectivity index (χ1n) is 3.28. The lowest BCUT2D eigenvalue weighted by atomic mass is 10.4. The number of hydrogen-bond acceptors (Lipinski definition) is 3. The fourth-order valence-corrected chi connectivity index (χ4v) is 1.65. The van der Waals surface area contributed by atoms with Crippen LogP contribution >= 0.6 is 0 Å². The van der Waals surface area contributed by atoms with Crippen LogP contribution in [-0.2, 0) is 9.84 Å². The van der Waals surface area contributed by atoms with E-state index in [0.29, 0.717) is 0 Å². The molecule has 0 bridgehead atoms. The summed E-state index contributed by atoms with van der Waals surface area (Å²) < 4.78 is 22.0. The van der Waals surface area contributed by atoms with E-state index in [1.807, 2.05) is 13.8 Å². The van der Waals surface area contributed by atoms with Crippen LogP contribution in [0.4, 0.5) is 0 Å². The summed E-state index contributed by atoms with van der Waals surface area (Å²) in [5.74, 6) is 0. The Hall–Kier alpha value is -0.840. The van der Waals surface area contributed by atoms with Crippen LogP contribution in [0.2, 0.25) is 0 Å². The second-order valence-electron chi connectivity index (χ2n) is 2.52. The summed E-state index contributed by atoms with van der Waals surface area (Å²) in [7, 11) is -3.22. The Morgan fingerprint density at radius 2 is 2.18 bits per heavy atom. The van der Waals surface area contributed by atoms with Gasteiger partial charge in [0.05, 0.1) is 5.41 Å². The molecule has 1 heterocycles. The van der Waals surface area contributed by atoms with E-state index in [1.54, 1.807) is 0 Å². The minimum Gasteiger partial charge on any atom is -0.336 e. The van der Waals surface area contributed by atoms with Crippen molar-refractivity contribution in [1.29, 1.82) is 0 Å². The van der Waals surface area contributed by atoms with E-state index in [1.165, 1.54) is 6.20 Å². The van der Waals surface area contributed by atoms with E-state index in [9.17, 15) is 8.42 Å². The summed E-state index contributed by atoms with van der Waals surface area (Å²) in [5.41, 5.74) is 0. The van der Waals surface area contributed by atoms with Gasteiger partial charge in [-0.15, -0.1) is 0 Å². The highest BCUT2D eigenvalue weighted by Crippen LogP contribution is 2.03. The molecule has 0 aromatic heterocycles. The fraction of sp³-hybridized carbons (Fsp3) is 0.500. The zero-order valence-electron chi connectivity index (χ0n) is 6.40. The summed E-state index contributed by atoms with van der Waals surface area (Å²) in [6.45, 7) is 3.64. The minimum atomic E-state index is -3.22. The van der Waals surface area contributed by atoms with Crippen LogP contribution < -0.4 is 5.32 Å². The third kappa shape index (κ3) is 1.80. The van der Waals surface area contributed by atoms with Gasteiger partial charge in [-0.25, -0.2) is 8.42 Å². The number of aliphatic imine (C=N–C) groups is 1. The molecular weight excluding hydrogens is 164 g/mol. The Labute approximate surface area is 65.9 Å². The molecule has 62 valence electrons. The van der Waals surface area contributed by atoms with Crippen molar-refractivity contribution in [3.8, 4) is 0 Å². The monoisotopic (exact) mass is 174 g/mol. The number of hydrogen-bond donors (Lipinski definition) is 1. The van der Waals surface area contributed by atoms with Crippen LogP contribution in [0.5, 0.6) is 0 Å². The number of nitrogens with zero attached hydrogens (tertiary/aromatic N) is 1. The maximum atomic E-state index is 11.0. The van der Waals surface area contributed by atoms with Crippen LogP contribution in [0.15, 0.2) is 16.6 Å². The Morgan fingerprint density at radius 3 is 2.55 bits per heavy atom. The maximum absolute atomic E-state index is 11.0. The SMILES string of the molecule is CC(C)N=C1NC=CS1(=O)=O. The lowest BCUT2D eigenvalue weighted by Crippen LogP contribution is -2.21. The van der Waals surface area contributed by atoms with Gasteiger partial charge in [-0.3, -0.25) is 4.99 Å². The van der Waals surface area contributed by atoms with E-state index < -0.39 is 9.84 Å². The first-order valence-corrected chi connectivity index (χ1v) is 4.83. The summed E-state index contributed by atoms with van der Waals surface area (Å²) in [5, 5.41) is 3.71. The molecule has 1 N–H and O–H groups in total. The Balaban J connectivity index is 2.96. The van der Waals surface area contributed by atoms with Crippen LogP contribution in [0, 0.1) is 0 Å². The molecule has 0 aromatic rings.